The van der Waals surface area contributed by atoms with Crippen molar-refractivity contribution in [2.75, 3.05) is 0 Å². The van der Waals surface area contributed by atoms with Gasteiger partial charge in [0.15, 0.2) is 0 Å². The van der Waals surface area contributed by atoms with Gasteiger partial charge in [-0.15, -0.1) is 11.6 Å². The molecule has 106 valence electrons. The fourth-order valence-electron chi connectivity index (χ4n) is 2.16. The lowest BCUT2D eigenvalue weighted by Gasteiger charge is -2.20. The van der Waals surface area contributed by atoms with E-state index in [1.807, 2.05) is 50.2 Å². The van der Waals surface area contributed by atoms with Gasteiger partial charge in [-0.3, -0.25) is 4.98 Å². The summed E-state index contributed by atoms with van der Waals surface area (Å²) in [5, 5.41) is -0.0897. The summed E-state index contributed by atoms with van der Waals surface area (Å²) in [5.41, 5.74) is 2.27. The molecule has 0 saturated heterocycles. The molecule has 2 rings (SSSR count). The first-order valence-electron chi connectivity index (χ1n) is 6.88. The van der Waals surface area contributed by atoms with Crippen molar-refractivity contribution in [3.05, 3.63) is 59.9 Å². The summed E-state index contributed by atoms with van der Waals surface area (Å²) in [6, 6.07) is 12.0. The van der Waals surface area contributed by atoms with Gasteiger partial charge in [-0.05, 0) is 49.2 Å². The average molecular weight is 290 g/mol. The maximum absolute atomic E-state index is 6.62. The van der Waals surface area contributed by atoms with Crippen molar-refractivity contribution in [1.82, 2.24) is 4.98 Å². The first kappa shape index (κ1) is 14.9. The zero-order valence-corrected chi connectivity index (χ0v) is 12.8. The van der Waals surface area contributed by atoms with Crippen molar-refractivity contribution in [2.24, 2.45) is 0 Å². The van der Waals surface area contributed by atoms with E-state index in [1.165, 1.54) is 5.56 Å². The lowest BCUT2D eigenvalue weighted by molar-refractivity contribution is 0.242. The van der Waals surface area contributed by atoms with Crippen LogP contribution in [0.4, 0.5) is 0 Å². The number of hydrogen-bond donors (Lipinski definition) is 0. The second kappa shape index (κ2) is 6.76. The first-order valence-corrected chi connectivity index (χ1v) is 7.32. The highest BCUT2D eigenvalue weighted by Gasteiger charge is 2.18. The predicted molar refractivity (Wildman–Crippen MR) is 83.5 cm³/mol. The molecule has 0 spiro atoms. The van der Waals surface area contributed by atoms with Gasteiger partial charge < -0.3 is 4.74 Å². The minimum Gasteiger partial charge on any atom is -0.491 e. The summed E-state index contributed by atoms with van der Waals surface area (Å²) in [4.78, 5) is 4.04. The van der Waals surface area contributed by atoms with Gasteiger partial charge in [-0.2, -0.15) is 0 Å². The average Bonchev–Trinajstić information content (AvgIpc) is 2.46. The van der Waals surface area contributed by atoms with Crippen LogP contribution in [-0.2, 0) is 0 Å². The Morgan fingerprint density at radius 1 is 1.00 bits per heavy atom. The van der Waals surface area contributed by atoms with E-state index >= 15 is 0 Å². The van der Waals surface area contributed by atoms with Crippen LogP contribution in [0.5, 0.6) is 5.75 Å². The zero-order valence-electron chi connectivity index (χ0n) is 12.1. The Balaban J connectivity index is 2.18. The van der Waals surface area contributed by atoms with Gasteiger partial charge in [0.25, 0.3) is 0 Å². The van der Waals surface area contributed by atoms with Gasteiger partial charge >= 0.3 is 0 Å². The molecular weight excluding hydrogens is 270 g/mol. The lowest BCUT2D eigenvalue weighted by Crippen LogP contribution is -2.07. The standard InChI is InChI=1S/C17H20ClNO/c1-12(2)20-16-6-4-5-15(11-16)17(18)13(3)14-7-9-19-10-8-14/h4-13,17H,1-3H3. The highest BCUT2D eigenvalue weighted by Crippen LogP contribution is 2.36. The molecule has 0 radical (unpaired) electrons. The quantitative estimate of drug-likeness (QED) is 0.726. The van der Waals surface area contributed by atoms with Crippen molar-refractivity contribution in [3.8, 4) is 5.75 Å². The molecule has 3 heteroatoms. The fourth-order valence-corrected chi connectivity index (χ4v) is 2.44. The van der Waals surface area contributed by atoms with E-state index in [-0.39, 0.29) is 17.4 Å². The number of aromatic nitrogens is 1. The number of halogens is 1. The molecule has 1 aromatic carbocycles. The monoisotopic (exact) mass is 289 g/mol. The van der Waals surface area contributed by atoms with Crippen LogP contribution >= 0.6 is 11.6 Å². The number of hydrogen-bond acceptors (Lipinski definition) is 2. The summed E-state index contributed by atoms with van der Waals surface area (Å²) < 4.78 is 5.72. The van der Waals surface area contributed by atoms with Gasteiger partial charge in [0.05, 0.1) is 11.5 Å². The molecule has 1 aromatic heterocycles. The van der Waals surface area contributed by atoms with Crippen LogP contribution in [0, 0.1) is 0 Å². The lowest BCUT2D eigenvalue weighted by atomic mass is 9.94. The molecule has 2 atom stereocenters. The van der Waals surface area contributed by atoms with E-state index < -0.39 is 0 Å². The van der Waals surface area contributed by atoms with E-state index in [0.717, 1.165) is 11.3 Å². The molecule has 0 saturated carbocycles. The van der Waals surface area contributed by atoms with Crippen molar-refractivity contribution in [2.45, 2.75) is 38.2 Å². The Kier molecular flexibility index (Phi) is 5.02. The Labute approximate surface area is 125 Å². The third-order valence-corrected chi connectivity index (χ3v) is 3.85. The van der Waals surface area contributed by atoms with E-state index in [1.54, 1.807) is 12.4 Å². The fraction of sp³-hybridized carbons (Fsp3) is 0.353. The minimum atomic E-state index is -0.0897. The van der Waals surface area contributed by atoms with Crippen LogP contribution in [0.3, 0.4) is 0 Å². The Morgan fingerprint density at radius 3 is 2.35 bits per heavy atom. The Bertz CT molecular complexity index is 542. The SMILES string of the molecule is CC(C)Oc1cccc(C(Cl)C(C)c2ccncc2)c1. The molecule has 0 N–H and O–H groups in total. The highest BCUT2D eigenvalue weighted by molar-refractivity contribution is 6.21. The number of nitrogens with zero attached hydrogens (tertiary/aromatic N) is 1. The van der Waals surface area contributed by atoms with Crippen LogP contribution in [0.1, 0.15) is 43.2 Å². The third-order valence-electron chi connectivity index (χ3n) is 3.22. The summed E-state index contributed by atoms with van der Waals surface area (Å²) in [5.74, 6) is 1.08. The first-order chi connectivity index (χ1) is 9.58. The second-order valence-electron chi connectivity index (χ2n) is 5.21. The van der Waals surface area contributed by atoms with Gasteiger partial charge in [-0.25, -0.2) is 0 Å². The normalized spacial score (nSPS) is 14.1. The summed E-state index contributed by atoms with van der Waals surface area (Å²) in [6.45, 7) is 6.16. The number of pyridine rings is 1. The molecule has 20 heavy (non-hydrogen) atoms. The van der Waals surface area contributed by atoms with Crippen molar-refractivity contribution in [1.29, 1.82) is 0 Å². The molecule has 0 amide bonds. The van der Waals surface area contributed by atoms with Crippen LogP contribution in [0.15, 0.2) is 48.8 Å². The number of rotatable bonds is 5. The van der Waals surface area contributed by atoms with Gasteiger partial charge in [-0.1, -0.05) is 19.1 Å². The largest absolute Gasteiger partial charge is 0.491 e. The Morgan fingerprint density at radius 2 is 1.70 bits per heavy atom. The van der Waals surface area contributed by atoms with Crippen molar-refractivity contribution < 1.29 is 4.74 Å². The van der Waals surface area contributed by atoms with E-state index in [2.05, 4.69) is 11.9 Å². The van der Waals surface area contributed by atoms with Crippen molar-refractivity contribution >= 4 is 11.6 Å². The molecule has 0 fully saturated rings. The maximum atomic E-state index is 6.62. The number of ether oxygens (including phenoxy) is 1. The second-order valence-corrected chi connectivity index (χ2v) is 5.68. The molecule has 0 aliphatic heterocycles. The zero-order chi connectivity index (χ0) is 14.5. The molecule has 0 bridgehead atoms. The molecule has 0 aliphatic rings. The van der Waals surface area contributed by atoms with Gasteiger partial charge in [0.1, 0.15) is 5.75 Å². The van der Waals surface area contributed by atoms with Gasteiger partial charge in [0.2, 0.25) is 0 Å². The summed E-state index contributed by atoms with van der Waals surface area (Å²) in [6.07, 6.45) is 3.76. The van der Waals surface area contributed by atoms with Gasteiger partial charge in [0, 0.05) is 18.3 Å². The van der Waals surface area contributed by atoms with Crippen molar-refractivity contribution in [3.63, 3.8) is 0 Å². The van der Waals surface area contributed by atoms with E-state index in [4.69, 9.17) is 16.3 Å². The molecule has 2 aromatic rings. The predicted octanol–water partition coefficient (Wildman–Crippen LogP) is 4.95. The molecule has 2 nitrogen and oxygen atoms in total. The topological polar surface area (TPSA) is 22.1 Å². The van der Waals surface area contributed by atoms with Crippen LogP contribution < -0.4 is 4.74 Å². The maximum Gasteiger partial charge on any atom is 0.120 e. The summed E-state index contributed by atoms with van der Waals surface area (Å²) in [7, 11) is 0. The minimum absolute atomic E-state index is 0.0897. The van der Waals surface area contributed by atoms with Crippen LogP contribution in [0.25, 0.3) is 0 Å². The Hall–Kier alpha value is -1.54. The van der Waals surface area contributed by atoms with Crippen LogP contribution in [0.2, 0.25) is 0 Å². The smallest absolute Gasteiger partial charge is 0.120 e. The highest BCUT2D eigenvalue weighted by atomic mass is 35.5. The van der Waals surface area contributed by atoms with E-state index in [0.29, 0.717) is 0 Å². The number of alkyl halides is 1. The van der Waals surface area contributed by atoms with E-state index in [9.17, 15) is 0 Å². The number of benzene rings is 1. The molecule has 1 heterocycles. The van der Waals surface area contributed by atoms with Crippen LogP contribution in [-0.4, -0.2) is 11.1 Å². The third kappa shape index (κ3) is 3.73. The molecular formula is C17H20ClNO. The molecule has 0 aliphatic carbocycles. The molecule has 2 unspecified atom stereocenters. The summed E-state index contributed by atoms with van der Waals surface area (Å²) >= 11 is 6.62.